The lowest BCUT2D eigenvalue weighted by atomic mass is 10.1. The summed E-state index contributed by atoms with van der Waals surface area (Å²) < 4.78 is 34.1. The molecular formula is C18H36O6. The van der Waals surface area contributed by atoms with Crippen molar-refractivity contribution in [2.75, 3.05) is 66.1 Å². The molecule has 0 aromatic carbocycles. The summed E-state index contributed by atoms with van der Waals surface area (Å²) in [5, 5.41) is 0. The molecule has 0 spiro atoms. The van der Waals surface area contributed by atoms with Crippen molar-refractivity contribution in [3.63, 3.8) is 0 Å². The van der Waals surface area contributed by atoms with Crippen LogP contribution in [-0.2, 0) is 28.4 Å². The Kier molecular flexibility index (Phi) is 12.7. The Labute approximate surface area is 147 Å². The quantitative estimate of drug-likeness (QED) is 0.762. The van der Waals surface area contributed by atoms with Crippen LogP contribution in [0.25, 0.3) is 0 Å². The van der Waals surface area contributed by atoms with Crippen LogP contribution < -0.4 is 0 Å². The van der Waals surface area contributed by atoms with Gasteiger partial charge in [-0.05, 0) is 11.8 Å². The van der Waals surface area contributed by atoms with Crippen molar-refractivity contribution >= 4 is 0 Å². The molecule has 1 heterocycles. The van der Waals surface area contributed by atoms with Crippen molar-refractivity contribution in [2.45, 2.75) is 39.9 Å². The van der Waals surface area contributed by atoms with Crippen LogP contribution in [0.4, 0.5) is 0 Å². The SMILES string of the molecule is CC(C)C1COCCOCCOC(C(C)C)COCCOCCO1. The highest BCUT2D eigenvalue weighted by Gasteiger charge is 2.15. The van der Waals surface area contributed by atoms with Crippen LogP contribution in [0.15, 0.2) is 0 Å². The first-order valence-corrected chi connectivity index (χ1v) is 9.15. The zero-order valence-electron chi connectivity index (χ0n) is 15.8. The molecule has 24 heavy (non-hydrogen) atoms. The highest BCUT2D eigenvalue weighted by Crippen LogP contribution is 2.08. The van der Waals surface area contributed by atoms with Crippen LogP contribution in [-0.4, -0.2) is 78.3 Å². The van der Waals surface area contributed by atoms with E-state index in [-0.39, 0.29) is 12.2 Å². The third-order valence-electron chi connectivity index (χ3n) is 3.91. The highest BCUT2D eigenvalue weighted by molar-refractivity contribution is 4.62. The lowest BCUT2D eigenvalue weighted by molar-refractivity contribution is -0.0878. The Morgan fingerprint density at radius 3 is 1.21 bits per heavy atom. The maximum Gasteiger partial charge on any atom is 0.0832 e. The van der Waals surface area contributed by atoms with Crippen LogP contribution in [0.1, 0.15) is 27.7 Å². The zero-order valence-corrected chi connectivity index (χ0v) is 15.8. The van der Waals surface area contributed by atoms with Crippen molar-refractivity contribution in [2.24, 2.45) is 11.8 Å². The molecule has 1 rings (SSSR count). The molecule has 0 radical (unpaired) electrons. The van der Waals surface area contributed by atoms with Gasteiger partial charge in [0.05, 0.1) is 78.3 Å². The summed E-state index contributed by atoms with van der Waals surface area (Å²) in [5.41, 5.74) is 0. The Balaban J connectivity index is 2.35. The molecule has 0 amide bonds. The highest BCUT2D eigenvalue weighted by atomic mass is 16.6. The summed E-state index contributed by atoms with van der Waals surface area (Å²) in [5.74, 6) is 0.808. The van der Waals surface area contributed by atoms with Gasteiger partial charge in [-0.3, -0.25) is 0 Å². The van der Waals surface area contributed by atoms with Crippen molar-refractivity contribution in [3.8, 4) is 0 Å². The summed E-state index contributed by atoms with van der Waals surface area (Å²) in [7, 11) is 0. The molecule has 2 atom stereocenters. The summed E-state index contributed by atoms with van der Waals surface area (Å²) in [4.78, 5) is 0. The second kappa shape index (κ2) is 14.0. The van der Waals surface area contributed by atoms with Gasteiger partial charge in [0.1, 0.15) is 0 Å². The van der Waals surface area contributed by atoms with E-state index in [1.807, 2.05) is 0 Å². The van der Waals surface area contributed by atoms with E-state index in [9.17, 15) is 0 Å². The van der Waals surface area contributed by atoms with Crippen molar-refractivity contribution in [1.82, 2.24) is 0 Å². The van der Waals surface area contributed by atoms with E-state index in [1.54, 1.807) is 0 Å². The van der Waals surface area contributed by atoms with Crippen molar-refractivity contribution < 1.29 is 28.4 Å². The Hall–Kier alpha value is -0.240. The summed E-state index contributed by atoms with van der Waals surface area (Å²) >= 11 is 0. The maximum absolute atomic E-state index is 5.85. The van der Waals surface area contributed by atoms with E-state index in [1.165, 1.54) is 0 Å². The third kappa shape index (κ3) is 10.6. The van der Waals surface area contributed by atoms with Gasteiger partial charge in [-0.1, -0.05) is 27.7 Å². The number of ether oxygens (including phenoxy) is 6. The lowest BCUT2D eigenvalue weighted by Crippen LogP contribution is -2.29. The second-order valence-electron chi connectivity index (χ2n) is 6.68. The number of rotatable bonds is 2. The van der Waals surface area contributed by atoms with Crippen molar-refractivity contribution in [3.05, 3.63) is 0 Å². The minimum absolute atomic E-state index is 0.0823. The van der Waals surface area contributed by atoms with Gasteiger partial charge < -0.3 is 28.4 Å². The first-order chi connectivity index (χ1) is 11.6. The molecule has 0 aliphatic carbocycles. The predicted octanol–water partition coefficient (Wildman–Crippen LogP) is 2.15. The van der Waals surface area contributed by atoms with Gasteiger partial charge in [0.2, 0.25) is 0 Å². The van der Waals surface area contributed by atoms with E-state index in [0.29, 0.717) is 77.9 Å². The normalized spacial score (nSPS) is 27.8. The number of hydrogen-bond donors (Lipinski definition) is 0. The maximum atomic E-state index is 5.85. The molecule has 6 heteroatoms. The zero-order chi connectivity index (χ0) is 17.6. The summed E-state index contributed by atoms with van der Waals surface area (Å²) in [6.07, 6.45) is 0.165. The van der Waals surface area contributed by atoms with Gasteiger partial charge in [-0.25, -0.2) is 0 Å². The average Bonchev–Trinajstić information content (AvgIpc) is 2.54. The Bertz CT molecular complexity index is 237. The smallest absolute Gasteiger partial charge is 0.0832 e. The Morgan fingerprint density at radius 1 is 0.500 bits per heavy atom. The van der Waals surface area contributed by atoms with Gasteiger partial charge in [0.15, 0.2) is 0 Å². The fourth-order valence-electron chi connectivity index (χ4n) is 2.22. The standard InChI is InChI=1S/C18H36O6/c1-15(2)17-13-21-7-5-20-10-12-24-18(16(3)4)14-22-8-6-19-9-11-23-17/h15-18H,5-14H2,1-4H3. The first-order valence-electron chi connectivity index (χ1n) is 9.15. The van der Waals surface area contributed by atoms with Gasteiger partial charge in [0, 0.05) is 0 Å². The van der Waals surface area contributed by atoms with E-state index in [0.717, 1.165) is 0 Å². The topological polar surface area (TPSA) is 55.4 Å². The Morgan fingerprint density at radius 2 is 0.833 bits per heavy atom. The van der Waals surface area contributed by atoms with E-state index in [4.69, 9.17) is 28.4 Å². The first kappa shape index (κ1) is 21.8. The van der Waals surface area contributed by atoms with Crippen LogP contribution in [0.2, 0.25) is 0 Å². The molecule has 1 aliphatic heterocycles. The lowest BCUT2D eigenvalue weighted by Gasteiger charge is -2.23. The molecule has 0 N–H and O–H groups in total. The van der Waals surface area contributed by atoms with Crippen LogP contribution in [0.5, 0.6) is 0 Å². The van der Waals surface area contributed by atoms with Gasteiger partial charge in [-0.15, -0.1) is 0 Å². The summed E-state index contributed by atoms with van der Waals surface area (Å²) in [6.45, 7) is 14.2. The fourth-order valence-corrected chi connectivity index (χ4v) is 2.22. The molecule has 144 valence electrons. The second-order valence-corrected chi connectivity index (χ2v) is 6.68. The molecule has 1 fully saturated rings. The fraction of sp³-hybridized carbons (Fsp3) is 1.00. The summed E-state index contributed by atoms with van der Waals surface area (Å²) in [6, 6.07) is 0. The monoisotopic (exact) mass is 348 g/mol. The molecule has 1 saturated heterocycles. The van der Waals surface area contributed by atoms with Crippen LogP contribution >= 0.6 is 0 Å². The molecule has 0 bridgehead atoms. The minimum Gasteiger partial charge on any atom is -0.377 e. The molecule has 0 aromatic heterocycles. The predicted molar refractivity (Wildman–Crippen MR) is 92.4 cm³/mol. The minimum atomic E-state index is 0.0823. The largest absolute Gasteiger partial charge is 0.377 e. The molecule has 0 aromatic rings. The van der Waals surface area contributed by atoms with Gasteiger partial charge in [0.25, 0.3) is 0 Å². The van der Waals surface area contributed by atoms with E-state index < -0.39 is 0 Å². The van der Waals surface area contributed by atoms with Gasteiger partial charge in [-0.2, -0.15) is 0 Å². The molecule has 6 nitrogen and oxygen atoms in total. The molecule has 2 unspecified atom stereocenters. The molecular weight excluding hydrogens is 312 g/mol. The number of hydrogen-bond acceptors (Lipinski definition) is 6. The average molecular weight is 348 g/mol. The van der Waals surface area contributed by atoms with Crippen LogP contribution in [0, 0.1) is 11.8 Å². The van der Waals surface area contributed by atoms with Crippen LogP contribution in [0.3, 0.4) is 0 Å². The van der Waals surface area contributed by atoms with Crippen molar-refractivity contribution in [1.29, 1.82) is 0 Å². The third-order valence-corrected chi connectivity index (χ3v) is 3.91. The van der Waals surface area contributed by atoms with E-state index >= 15 is 0 Å². The van der Waals surface area contributed by atoms with E-state index in [2.05, 4.69) is 27.7 Å². The molecule has 1 aliphatic rings. The van der Waals surface area contributed by atoms with Gasteiger partial charge >= 0.3 is 0 Å². The molecule has 0 saturated carbocycles.